The molecule has 0 aliphatic rings. The first-order valence-electron chi connectivity index (χ1n) is 7.68. The predicted octanol–water partition coefficient (Wildman–Crippen LogP) is 2.84. The van der Waals surface area contributed by atoms with Crippen molar-refractivity contribution in [3.05, 3.63) is 48.3 Å². The summed E-state index contributed by atoms with van der Waals surface area (Å²) in [6.45, 7) is 5.99. The molecule has 3 unspecified atom stereocenters. The van der Waals surface area contributed by atoms with Crippen molar-refractivity contribution in [2.45, 2.75) is 39.3 Å². The van der Waals surface area contributed by atoms with Crippen LogP contribution in [0.4, 0.5) is 0 Å². The van der Waals surface area contributed by atoms with E-state index >= 15 is 0 Å². The summed E-state index contributed by atoms with van der Waals surface area (Å²) >= 11 is 0. The van der Waals surface area contributed by atoms with E-state index in [1.807, 2.05) is 57.3 Å². The van der Waals surface area contributed by atoms with E-state index in [0.29, 0.717) is 0 Å². The third-order valence-electron chi connectivity index (χ3n) is 4.06. The Balaban J connectivity index is 0.00000264. The lowest BCUT2D eigenvalue weighted by Gasteiger charge is -2.21. The van der Waals surface area contributed by atoms with Gasteiger partial charge >= 0.3 is 0 Å². The molecule has 6 heteroatoms. The number of hydrogen-bond donors (Lipinski definition) is 2. The van der Waals surface area contributed by atoms with Gasteiger partial charge in [0, 0.05) is 12.4 Å². The fraction of sp³-hybridized carbons (Fsp3) is 0.412. The Morgan fingerprint density at radius 1 is 1.35 bits per heavy atom. The van der Waals surface area contributed by atoms with Crippen molar-refractivity contribution >= 4 is 18.3 Å². The minimum absolute atomic E-state index is 0. The Morgan fingerprint density at radius 3 is 2.70 bits per heavy atom. The highest BCUT2D eigenvalue weighted by atomic mass is 35.5. The van der Waals surface area contributed by atoms with Crippen molar-refractivity contribution in [3.8, 4) is 5.69 Å². The molecule has 1 aromatic heterocycles. The summed E-state index contributed by atoms with van der Waals surface area (Å²) in [5.41, 5.74) is 7.97. The highest BCUT2D eigenvalue weighted by Gasteiger charge is 2.21. The maximum absolute atomic E-state index is 12.2. The number of halogens is 1. The molecule has 0 bridgehead atoms. The first-order chi connectivity index (χ1) is 10.5. The molecular weight excluding hydrogens is 312 g/mol. The summed E-state index contributed by atoms with van der Waals surface area (Å²) < 4.78 is 1.79. The number of amides is 1. The number of carbonyl (C=O) groups excluding carboxylic acids is 1. The maximum atomic E-state index is 12.2. The number of carbonyl (C=O) groups is 1. The lowest BCUT2D eigenvalue weighted by molar-refractivity contribution is -0.124. The fourth-order valence-corrected chi connectivity index (χ4v) is 2.26. The van der Waals surface area contributed by atoms with Gasteiger partial charge in [-0.25, -0.2) is 4.68 Å². The van der Waals surface area contributed by atoms with Crippen LogP contribution in [0.15, 0.2) is 42.7 Å². The number of nitrogens with zero attached hydrogens (tertiary/aromatic N) is 2. The lowest BCUT2D eigenvalue weighted by atomic mass is 9.98. The second kappa shape index (κ2) is 8.70. The Labute approximate surface area is 143 Å². The van der Waals surface area contributed by atoms with Crippen LogP contribution in [-0.4, -0.2) is 21.7 Å². The van der Waals surface area contributed by atoms with Gasteiger partial charge in [0.05, 0.1) is 17.8 Å². The number of nitrogens with one attached hydrogen (secondary N) is 1. The molecule has 126 valence electrons. The average molecular weight is 337 g/mol. The molecule has 2 aromatic rings. The van der Waals surface area contributed by atoms with Gasteiger partial charge in [-0.1, -0.05) is 32.4 Å². The zero-order chi connectivity index (χ0) is 16.1. The summed E-state index contributed by atoms with van der Waals surface area (Å²) in [4.78, 5) is 12.2. The zero-order valence-corrected chi connectivity index (χ0v) is 14.6. The molecule has 0 fully saturated rings. The van der Waals surface area contributed by atoms with Crippen molar-refractivity contribution in [3.63, 3.8) is 0 Å². The van der Waals surface area contributed by atoms with Crippen LogP contribution in [0.5, 0.6) is 0 Å². The molecule has 1 amide bonds. The van der Waals surface area contributed by atoms with Gasteiger partial charge in [-0.3, -0.25) is 4.79 Å². The van der Waals surface area contributed by atoms with Crippen LogP contribution in [0.25, 0.3) is 5.69 Å². The molecule has 1 heterocycles. The minimum atomic E-state index is -0.471. The van der Waals surface area contributed by atoms with Crippen LogP contribution in [0.2, 0.25) is 0 Å². The molecular formula is C17H25ClN4O. The van der Waals surface area contributed by atoms with Gasteiger partial charge in [-0.2, -0.15) is 5.10 Å². The summed E-state index contributed by atoms with van der Waals surface area (Å²) in [6, 6.07) is 9.27. The molecule has 0 aliphatic heterocycles. The standard InChI is InChI=1S/C17H24N4O.ClH/c1-4-12(2)16(18)17(22)20-13(3)14-7-5-8-15(11-14)21-10-6-9-19-21;/h5-13,16H,4,18H2,1-3H3,(H,20,22);1H. The average Bonchev–Trinajstić information content (AvgIpc) is 3.07. The number of aromatic nitrogens is 2. The summed E-state index contributed by atoms with van der Waals surface area (Å²) in [5, 5.41) is 7.21. The van der Waals surface area contributed by atoms with E-state index in [9.17, 15) is 4.79 Å². The van der Waals surface area contributed by atoms with Gasteiger partial charge in [0.25, 0.3) is 0 Å². The maximum Gasteiger partial charge on any atom is 0.237 e. The van der Waals surface area contributed by atoms with E-state index in [1.54, 1.807) is 10.9 Å². The van der Waals surface area contributed by atoms with Crippen LogP contribution in [0.1, 0.15) is 38.8 Å². The second-order valence-electron chi connectivity index (χ2n) is 5.69. The van der Waals surface area contributed by atoms with E-state index in [0.717, 1.165) is 17.7 Å². The summed E-state index contributed by atoms with van der Waals surface area (Å²) in [6.07, 6.45) is 4.52. The molecule has 1 aromatic carbocycles. The quantitative estimate of drug-likeness (QED) is 0.852. The lowest BCUT2D eigenvalue weighted by Crippen LogP contribution is -2.45. The molecule has 0 radical (unpaired) electrons. The van der Waals surface area contributed by atoms with Gasteiger partial charge in [0.15, 0.2) is 0 Å². The van der Waals surface area contributed by atoms with Crippen molar-refractivity contribution in [1.29, 1.82) is 0 Å². The molecule has 0 aliphatic carbocycles. The summed E-state index contributed by atoms with van der Waals surface area (Å²) in [7, 11) is 0. The normalized spacial score (nSPS) is 14.4. The molecule has 2 rings (SSSR count). The fourth-order valence-electron chi connectivity index (χ4n) is 2.26. The van der Waals surface area contributed by atoms with E-state index in [4.69, 9.17) is 5.73 Å². The van der Waals surface area contributed by atoms with Crippen molar-refractivity contribution in [2.24, 2.45) is 11.7 Å². The van der Waals surface area contributed by atoms with Gasteiger partial charge in [0.1, 0.15) is 0 Å². The van der Waals surface area contributed by atoms with Crippen LogP contribution in [0.3, 0.4) is 0 Å². The number of benzene rings is 1. The SMILES string of the molecule is CCC(C)C(N)C(=O)NC(C)c1cccc(-n2cccn2)c1.Cl. The third kappa shape index (κ3) is 4.81. The molecule has 0 saturated heterocycles. The Hall–Kier alpha value is -1.85. The zero-order valence-electron chi connectivity index (χ0n) is 13.8. The summed E-state index contributed by atoms with van der Waals surface area (Å²) in [5.74, 6) is 0.0638. The van der Waals surface area contributed by atoms with E-state index in [-0.39, 0.29) is 30.3 Å². The van der Waals surface area contributed by atoms with Crippen molar-refractivity contribution < 1.29 is 4.79 Å². The first kappa shape index (κ1) is 19.2. The Kier molecular flexibility index (Phi) is 7.26. The van der Waals surface area contributed by atoms with Crippen LogP contribution in [0, 0.1) is 5.92 Å². The largest absolute Gasteiger partial charge is 0.348 e. The highest BCUT2D eigenvalue weighted by Crippen LogP contribution is 2.17. The Morgan fingerprint density at radius 2 is 2.09 bits per heavy atom. The highest BCUT2D eigenvalue weighted by molar-refractivity contribution is 5.85. The second-order valence-corrected chi connectivity index (χ2v) is 5.69. The third-order valence-corrected chi connectivity index (χ3v) is 4.06. The molecule has 3 atom stereocenters. The van der Waals surface area contributed by atoms with Crippen LogP contribution >= 0.6 is 12.4 Å². The van der Waals surface area contributed by atoms with Crippen molar-refractivity contribution in [1.82, 2.24) is 15.1 Å². The van der Waals surface area contributed by atoms with Gasteiger partial charge in [-0.05, 0) is 36.6 Å². The molecule has 23 heavy (non-hydrogen) atoms. The molecule has 3 N–H and O–H groups in total. The monoisotopic (exact) mass is 336 g/mol. The van der Waals surface area contributed by atoms with Gasteiger partial charge in [-0.15, -0.1) is 12.4 Å². The predicted molar refractivity (Wildman–Crippen MR) is 94.8 cm³/mol. The smallest absolute Gasteiger partial charge is 0.237 e. The number of rotatable bonds is 6. The first-order valence-corrected chi connectivity index (χ1v) is 7.68. The topological polar surface area (TPSA) is 72.9 Å². The Bertz CT molecular complexity index is 615. The molecule has 0 spiro atoms. The van der Waals surface area contributed by atoms with Crippen molar-refractivity contribution in [2.75, 3.05) is 0 Å². The van der Waals surface area contributed by atoms with E-state index < -0.39 is 6.04 Å². The van der Waals surface area contributed by atoms with E-state index in [1.165, 1.54) is 0 Å². The number of nitrogens with two attached hydrogens (primary N) is 1. The number of hydrogen-bond acceptors (Lipinski definition) is 3. The minimum Gasteiger partial charge on any atom is -0.348 e. The van der Waals surface area contributed by atoms with E-state index in [2.05, 4.69) is 10.4 Å². The van der Waals surface area contributed by atoms with Gasteiger partial charge in [0.2, 0.25) is 5.91 Å². The molecule has 0 saturated carbocycles. The van der Waals surface area contributed by atoms with Gasteiger partial charge < -0.3 is 11.1 Å². The van der Waals surface area contributed by atoms with Crippen LogP contribution < -0.4 is 11.1 Å². The van der Waals surface area contributed by atoms with Crippen LogP contribution in [-0.2, 0) is 4.79 Å². The molecule has 5 nitrogen and oxygen atoms in total.